The van der Waals surface area contributed by atoms with E-state index in [1.165, 1.54) is 56.9 Å². The zero-order chi connectivity index (χ0) is 18.0. The molecule has 3 aromatic rings. The normalized spacial score (nSPS) is 11.3. The van der Waals surface area contributed by atoms with Crippen molar-refractivity contribution in [2.45, 2.75) is 71.3 Å². The minimum atomic E-state index is 0.797. The number of aromatic nitrogens is 4. The monoisotopic (exact) mass is 350 g/mol. The summed E-state index contributed by atoms with van der Waals surface area (Å²) >= 11 is 0. The van der Waals surface area contributed by atoms with Crippen LogP contribution in [0.3, 0.4) is 0 Å². The van der Waals surface area contributed by atoms with Gasteiger partial charge in [-0.1, -0.05) is 82.2 Å². The third-order valence-electron chi connectivity index (χ3n) is 4.94. The summed E-state index contributed by atoms with van der Waals surface area (Å²) in [4.78, 5) is 13.6. The van der Waals surface area contributed by atoms with E-state index in [2.05, 4.69) is 50.7 Å². The van der Waals surface area contributed by atoms with Gasteiger partial charge < -0.3 is 4.57 Å². The van der Waals surface area contributed by atoms with Crippen molar-refractivity contribution in [3.8, 4) is 0 Å². The van der Waals surface area contributed by atoms with Gasteiger partial charge in [-0.3, -0.25) is 0 Å². The molecule has 4 nitrogen and oxygen atoms in total. The van der Waals surface area contributed by atoms with Gasteiger partial charge in [-0.2, -0.15) is 0 Å². The Balaban J connectivity index is 1.53. The van der Waals surface area contributed by atoms with E-state index in [1.54, 1.807) is 6.33 Å². The van der Waals surface area contributed by atoms with Crippen LogP contribution in [0.5, 0.6) is 0 Å². The molecule has 1 aromatic carbocycles. The van der Waals surface area contributed by atoms with Gasteiger partial charge in [-0.15, -0.1) is 0 Å². The van der Waals surface area contributed by atoms with Gasteiger partial charge >= 0.3 is 0 Å². The second-order valence-corrected chi connectivity index (χ2v) is 7.08. The van der Waals surface area contributed by atoms with Crippen molar-refractivity contribution in [1.82, 2.24) is 19.5 Å². The molecule has 0 aliphatic carbocycles. The van der Waals surface area contributed by atoms with Gasteiger partial charge in [0.25, 0.3) is 0 Å². The van der Waals surface area contributed by atoms with Crippen LogP contribution in [0.2, 0.25) is 0 Å². The largest absolute Gasteiger partial charge is 0.311 e. The first kappa shape index (κ1) is 18.6. The molecule has 2 aromatic heterocycles. The summed E-state index contributed by atoms with van der Waals surface area (Å²) in [6.07, 6.45) is 15.2. The summed E-state index contributed by atoms with van der Waals surface area (Å²) in [6, 6.07) is 10.4. The van der Waals surface area contributed by atoms with E-state index in [0.717, 1.165) is 29.8 Å². The Labute approximate surface area is 156 Å². The molecule has 3 rings (SSSR count). The van der Waals surface area contributed by atoms with Crippen molar-refractivity contribution in [3.05, 3.63) is 54.2 Å². The number of benzene rings is 1. The average molecular weight is 351 g/mol. The molecular weight excluding hydrogens is 320 g/mol. The summed E-state index contributed by atoms with van der Waals surface area (Å²) in [5, 5.41) is 0. The zero-order valence-corrected chi connectivity index (χ0v) is 15.9. The molecule has 0 aliphatic heterocycles. The molecule has 0 fully saturated rings. The maximum Gasteiger partial charge on any atom is 0.163 e. The maximum atomic E-state index is 4.60. The highest BCUT2D eigenvalue weighted by atomic mass is 15.1. The molecule has 0 amide bonds. The fourth-order valence-electron chi connectivity index (χ4n) is 3.43. The van der Waals surface area contributed by atoms with E-state index >= 15 is 0 Å². The van der Waals surface area contributed by atoms with Gasteiger partial charge in [0, 0.05) is 0 Å². The van der Waals surface area contributed by atoms with E-state index in [9.17, 15) is 0 Å². The van der Waals surface area contributed by atoms with E-state index < -0.39 is 0 Å². The number of imidazole rings is 1. The van der Waals surface area contributed by atoms with Crippen LogP contribution in [-0.2, 0) is 13.0 Å². The Morgan fingerprint density at radius 2 is 1.54 bits per heavy atom. The number of rotatable bonds is 11. The highest BCUT2D eigenvalue weighted by molar-refractivity contribution is 5.73. The highest BCUT2D eigenvalue weighted by Gasteiger charge is 2.10. The van der Waals surface area contributed by atoms with Crippen LogP contribution in [0.15, 0.2) is 43.0 Å². The molecule has 0 atom stereocenters. The van der Waals surface area contributed by atoms with E-state index in [0.29, 0.717) is 0 Å². The lowest BCUT2D eigenvalue weighted by Crippen LogP contribution is -2.00. The molecule has 4 heteroatoms. The van der Waals surface area contributed by atoms with Crippen molar-refractivity contribution in [3.63, 3.8) is 0 Å². The fourth-order valence-corrected chi connectivity index (χ4v) is 3.43. The third kappa shape index (κ3) is 5.13. The molecule has 0 saturated carbocycles. The topological polar surface area (TPSA) is 43.6 Å². The maximum absolute atomic E-state index is 4.60. The molecule has 2 heterocycles. The number of nitrogens with zero attached hydrogens (tertiary/aromatic N) is 4. The Hall–Kier alpha value is -2.23. The fraction of sp³-hybridized carbons (Fsp3) is 0.500. The average Bonchev–Trinajstić information content (AvgIpc) is 3.08. The van der Waals surface area contributed by atoms with Crippen molar-refractivity contribution in [2.75, 3.05) is 0 Å². The Bertz CT molecular complexity index is 779. The van der Waals surface area contributed by atoms with Gasteiger partial charge in [0.15, 0.2) is 5.65 Å². The lowest BCUT2D eigenvalue weighted by Gasteiger charge is -2.05. The van der Waals surface area contributed by atoms with Gasteiger partial charge in [-0.25, -0.2) is 15.0 Å². The Morgan fingerprint density at radius 1 is 0.808 bits per heavy atom. The molecule has 0 aliphatic rings. The van der Waals surface area contributed by atoms with E-state index in [-0.39, 0.29) is 0 Å². The first-order valence-corrected chi connectivity index (χ1v) is 10.1. The summed E-state index contributed by atoms with van der Waals surface area (Å²) in [7, 11) is 0. The summed E-state index contributed by atoms with van der Waals surface area (Å²) in [5.74, 6) is 0. The van der Waals surface area contributed by atoms with Crippen molar-refractivity contribution in [2.24, 2.45) is 0 Å². The molecule has 0 spiro atoms. The number of aryl methyl sites for hydroxylation is 1. The summed E-state index contributed by atoms with van der Waals surface area (Å²) < 4.78 is 2.11. The van der Waals surface area contributed by atoms with Crippen LogP contribution in [0, 0.1) is 0 Å². The third-order valence-corrected chi connectivity index (χ3v) is 4.94. The minimum absolute atomic E-state index is 0.797. The predicted molar refractivity (Wildman–Crippen MR) is 107 cm³/mol. The number of hydrogen-bond acceptors (Lipinski definition) is 3. The highest BCUT2D eigenvalue weighted by Crippen LogP contribution is 2.17. The molecule has 0 unspecified atom stereocenters. The number of unbranched alkanes of at least 4 members (excludes halogenated alkanes) is 7. The minimum Gasteiger partial charge on any atom is -0.311 e. The lowest BCUT2D eigenvalue weighted by molar-refractivity contribution is 0.574. The Kier molecular flexibility index (Phi) is 7.17. The SMILES string of the molecule is CCCCCCCCCCc1ncnc2c1ncn2Cc1ccccc1. The molecule has 0 radical (unpaired) electrons. The first-order valence-electron chi connectivity index (χ1n) is 10.1. The van der Waals surface area contributed by atoms with Crippen molar-refractivity contribution in [1.29, 1.82) is 0 Å². The summed E-state index contributed by atoms with van der Waals surface area (Å²) in [6.45, 7) is 3.06. The van der Waals surface area contributed by atoms with Gasteiger partial charge in [0.05, 0.1) is 18.6 Å². The first-order chi connectivity index (χ1) is 12.9. The molecule has 0 N–H and O–H groups in total. The van der Waals surface area contributed by atoms with Crippen molar-refractivity contribution >= 4 is 11.2 Å². The van der Waals surface area contributed by atoms with Gasteiger partial charge in [0.1, 0.15) is 11.8 Å². The van der Waals surface area contributed by atoms with E-state index in [4.69, 9.17) is 0 Å². The van der Waals surface area contributed by atoms with Crippen LogP contribution in [0.25, 0.3) is 11.2 Å². The van der Waals surface area contributed by atoms with E-state index in [1.807, 2.05) is 12.4 Å². The Morgan fingerprint density at radius 3 is 2.31 bits per heavy atom. The second kappa shape index (κ2) is 10.0. The lowest BCUT2D eigenvalue weighted by atomic mass is 10.1. The molecular formula is C22H30N4. The van der Waals surface area contributed by atoms with Crippen LogP contribution >= 0.6 is 0 Å². The summed E-state index contributed by atoms with van der Waals surface area (Å²) in [5.41, 5.74) is 4.26. The van der Waals surface area contributed by atoms with Gasteiger partial charge in [0.2, 0.25) is 0 Å². The smallest absolute Gasteiger partial charge is 0.163 e. The second-order valence-electron chi connectivity index (χ2n) is 7.08. The van der Waals surface area contributed by atoms with Crippen molar-refractivity contribution < 1.29 is 0 Å². The number of hydrogen-bond donors (Lipinski definition) is 0. The van der Waals surface area contributed by atoms with Crippen LogP contribution < -0.4 is 0 Å². The van der Waals surface area contributed by atoms with Crippen LogP contribution in [0.4, 0.5) is 0 Å². The molecule has 26 heavy (non-hydrogen) atoms. The molecule has 0 bridgehead atoms. The number of fused-ring (bicyclic) bond motifs is 1. The molecule has 138 valence electrons. The quantitative estimate of drug-likeness (QED) is 0.425. The van der Waals surface area contributed by atoms with Gasteiger partial charge in [-0.05, 0) is 18.4 Å². The standard InChI is InChI=1S/C22H30N4/c1-2-3-4-5-6-7-8-12-15-20-21-22(24-17-23-20)26(18-25-21)16-19-13-10-9-11-14-19/h9-11,13-14,17-18H,2-8,12,15-16H2,1H3. The van der Waals surface area contributed by atoms with Crippen LogP contribution in [0.1, 0.15) is 69.5 Å². The molecule has 0 saturated heterocycles. The predicted octanol–water partition coefficient (Wildman–Crippen LogP) is 5.56. The zero-order valence-electron chi connectivity index (χ0n) is 15.9. The van der Waals surface area contributed by atoms with Crippen LogP contribution in [-0.4, -0.2) is 19.5 Å².